The number of rotatable bonds is 9. The number of carboxylic acids is 2. The fraction of sp³-hybridized carbons (Fsp3) is 0.0667. The van der Waals surface area contributed by atoms with Crippen LogP contribution in [0.5, 0.6) is 11.5 Å². The van der Waals surface area contributed by atoms with E-state index >= 15 is 0 Å². The predicted molar refractivity (Wildman–Crippen MR) is 136 cm³/mol. The number of esters is 2. The van der Waals surface area contributed by atoms with Gasteiger partial charge >= 0.3 is 23.9 Å². The standard InChI is InChI=1S/C30H22O8/c31-25(32)29(21-13-5-1-6-14-21,22-15-7-2-8-16-22)30(26(33)34,27(35)37-23-17-9-3-10-18-23)28(36)38-24-19-11-4-12-20-24/h1-20H,(H,31,32)(H,33,34). The average molecular weight is 510 g/mol. The molecule has 0 fully saturated rings. The molecule has 8 nitrogen and oxygen atoms in total. The number of benzene rings is 4. The van der Waals surface area contributed by atoms with Gasteiger partial charge in [0.05, 0.1) is 0 Å². The van der Waals surface area contributed by atoms with Crippen molar-refractivity contribution in [1.29, 1.82) is 0 Å². The smallest absolute Gasteiger partial charge is 0.342 e. The zero-order chi connectivity index (χ0) is 27.2. The number of aliphatic carboxylic acids is 2. The van der Waals surface area contributed by atoms with Gasteiger partial charge < -0.3 is 19.7 Å². The van der Waals surface area contributed by atoms with Gasteiger partial charge in [-0.15, -0.1) is 0 Å². The second kappa shape index (κ2) is 10.8. The molecule has 0 saturated heterocycles. The van der Waals surface area contributed by atoms with E-state index in [0.29, 0.717) is 0 Å². The first-order valence-electron chi connectivity index (χ1n) is 11.5. The number of carboxylic acid groups (broad SMARTS) is 2. The van der Waals surface area contributed by atoms with Gasteiger partial charge in [-0.3, -0.25) is 9.59 Å². The van der Waals surface area contributed by atoms with E-state index in [1.54, 1.807) is 24.3 Å². The Hall–Kier alpha value is -5.24. The lowest BCUT2D eigenvalue weighted by Gasteiger charge is -2.41. The highest BCUT2D eigenvalue weighted by molar-refractivity contribution is 6.24. The zero-order valence-electron chi connectivity index (χ0n) is 19.9. The van der Waals surface area contributed by atoms with E-state index in [4.69, 9.17) is 9.47 Å². The van der Waals surface area contributed by atoms with Crippen LogP contribution in [-0.2, 0) is 24.6 Å². The Morgan fingerprint density at radius 1 is 0.474 bits per heavy atom. The number of carbonyl (C=O) groups excluding carboxylic acids is 2. The maximum atomic E-state index is 14.0. The largest absolute Gasteiger partial charge is 0.480 e. The molecule has 4 aromatic carbocycles. The van der Waals surface area contributed by atoms with Crippen LogP contribution < -0.4 is 9.47 Å². The van der Waals surface area contributed by atoms with Crippen LogP contribution in [0, 0.1) is 5.41 Å². The van der Waals surface area contributed by atoms with E-state index < -0.39 is 34.7 Å². The quantitative estimate of drug-likeness (QED) is 0.193. The average Bonchev–Trinajstić information content (AvgIpc) is 2.93. The molecule has 0 saturated carbocycles. The predicted octanol–water partition coefficient (Wildman–Crippen LogP) is 4.34. The molecule has 4 aromatic rings. The van der Waals surface area contributed by atoms with Crippen LogP contribution in [-0.4, -0.2) is 34.1 Å². The molecule has 0 bridgehead atoms. The molecule has 0 radical (unpaired) electrons. The van der Waals surface area contributed by atoms with Crippen molar-refractivity contribution in [2.24, 2.45) is 5.41 Å². The van der Waals surface area contributed by atoms with Crippen LogP contribution >= 0.6 is 0 Å². The Morgan fingerprint density at radius 2 is 0.789 bits per heavy atom. The minimum absolute atomic E-state index is 0.0870. The van der Waals surface area contributed by atoms with E-state index in [1.165, 1.54) is 97.1 Å². The second-order valence-electron chi connectivity index (χ2n) is 8.25. The molecular formula is C30H22O8. The Bertz CT molecular complexity index is 1340. The van der Waals surface area contributed by atoms with E-state index in [1.807, 2.05) is 0 Å². The summed E-state index contributed by atoms with van der Waals surface area (Å²) in [4.78, 5) is 54.8. The SMILES string of the molecule is O=C(O)C(C(=O)Oc1ccccc1)(C(=O)Oc1ccccc1)C(C(=O)O)(c1ccccc1)c1ccccc1. The third-order valence-electron chi connectivity index (χ3n) is 6.14. The summed E-state index contributed by atoms with van der Waals surface area (Å²) in [5, 5.41) is 21.6. The van der Waals surface area contributed by atoms with Gasteiger partial charge in [0.1, 0.15) is 11.5 Å². The first kappa shape index (κ1) is 25.8. The van der Waals surface area contributed by atoms with Gasteiger partial charge in [0.15, 0.2) is 5.41 Å². The number of para-hydroxylation sites is 2. The third-order valence-corrected chi connectivity index (χ3v) is 6.14. The summed E-state index contributed by atoms with van der Waals surface area (Å²) in [6, 6.07) is 29.4. The molecule has 190 valence electrons. The molecule has 0 spiro atoms. The highest BCUT2D eigenvalue weighted by atomic mass is 16.6. The summed E-state index contributed by atoms with van der Waals surface area (Å²) in [6.45, 7) is 0. The van der Waals surface area contributed by atoms with E-state index in [-0.39, 0.29) is 22.6 Å². The monoisotopic (exact) mass is 510 g/mol. The first-order valence-corrected chi connectivity index (χ1v) is 11.5. The molecule has 0 aliphatic rings. The zero-order valence-corrected chi connectivity index (χ0v) is 19.9. The normalized spacial score (nSPS) is 11.3. The van der Waals surface area contributed by atoms with Gasteiger partial charge in [-0.25, -0.2) is 9.59 Å². The van der Waals surface area contributed by atoms with Crippen molar-refractivity contribution >= 4 is 23.9 Å². The molecule has 0 unspecified atom stereocenters. The van der Waals surface area contributed by atoms with Crippen molar-refractivity contribution in [2.75, 3.05) is 0 Å². The molecule has 0 heterocycles. The molecule has 0 amide bonds. The highest BCUT2D eigenvalue weighted by Gasteiger charge is 2.75. The van der Waals surface area contributed by atoms with Gasteiger partial charge in [-0.1, -0.05) is 97.1 Å². The van der Waals surface area contributed by atoms with Gasteiger partial charge in [-0.2, -0.15) is 0 Å². The number of hydrogen-bond donors (Lipinski definition) is 2. The van der Waals surface area contributed by atoms with Crippen molar-refractivity contribution in [1.82, 2.24) is 0 Å². The third kappa shape index (κ3) is 4.28. The number of carbonyl (C=O) groups is 4. The van der Waals surface area contributed by atoms with Crippen LogP contribution in [0.4, 0.5) is 0 Å². The summed E-state index contributed by atoms with van der Waals surface area (Å²) in [5.74, 6) is -7.27. The lowest BCUT2D eigenvalue weighted by molar-refractivity contribution is -0.184. The van der Waals surface area contributed by atoms with Crippen LogP contribution in [0.3, 0.4) is 0 Å². The van der Waals surface area contributed by atoms with Gasteiger partial charge in [-0.05, 0) is 35.4 Å². The fourth-order valence-electron chi connectivity index (χ4n) is 4.45. The summed E-state index contributed by atoms with van der Waals surface area (Å²) in [7, 11) is 0. The second-order valence-corrected chi connectivity index (χ2v) is 8.25. The van der Waals surface area contributed by atoms with Crippen molar-refractivity contribution in [2.45, 2.75) is 5.41 Å². The first-order chi connectivity index (χ1) is 18.3. The van der Waals surface area contributed by atoms with E-state index in [9.17, 15) is 29.4 Å². The number of hydrogen-bond acceptors (Lipinski definition) is 6. The van der Waals surface area contributed by atoms with Gasteiger partial charge in [0, 0.05) is 0 Å². The lowest BCUT2D eigenvalue weighted by Crippen LogP contribution is -2.66. The minimum Gasteiger partial charge on any atom is -0.480 e. The molecule has 38 heavy (non-hydrogen) atoms. The topological polar surface area (TPSA) is 127 Å². The van der Waals surface area contributed by atoms with Crippen molar-refractivity contribution < 1.29 is 38.9 Å². The Labute approximate surface area is 217 Å². The summed E-state index contributed by atoms with van der Waals surface area (Å²) < 4.78 is 10.8. The molecular weight excluding hydrogens is 488 g/mol. The Balaban J connectivity index is 2.10. The molecule has 0 atom stereocenters. The van der Waals surface area contributed by atoms with Crippen LogP contribution in [0.25, 0.3) is 0 Å². The molecule has 4 rings (SSSR count). The van der Waals surface area contributed by atoms with Crippen LogP contribution in [0.15, 0.2) is 121 Å². The Kier molecular flexibility index (Phi) is 7.34. The maximum Gasteiger partial charge on any atom is 0.342 e. The molecule has 2 N–H and O–H groups in total. The lowest BCUT2D eigenvalue weighted by atomic mass is 9.56. The van der Waals surface area contributed by atoms with Crippen molar-refractivity contribution in [3.05, 3.63) is 132 Å². The van der Waals surface area contributed by atoms with Crippen molar-refractivity contribution in [3.8, 4) is 11.5 Å². The summed E-state index contributed by atoms with van der Waals surface area (Å²) in [5.41, 5.74) is -6.53. The van der Waals surface area contributed by atoms with Gasteiger partial charge in [0.25, 0.3) is 5.41 Å². The molecule has 0 aromatic heterocycles. The minimum atomic E-state index is -3.44. The van der Waals surface area contributed by atoms with Crippen LogP contribution in [0.2, 0.25) is 0 Å². The van der Waals surface area contributed by atoms with Gasteiger partial charge in [0.2, 0.25) is 0 Å². The summed E-state index contributed by atoms with van der Waals surface area (Å²) in [6.07, 6.45) is 0. The van der Waals surface area contributed by atoms with Crippen molar-refractivity contribution in [3.63, 3.8) is 0 Å². The highest BCUT2D eigenvalue weighted by Crippen LogP contribution is 2.50. The number of ether oxygens (including phenoxy) is 2. The molecule has 0 aliphatic heterocycles. The summed E-state index contributed by atoms with van der Waals surface area (Å²) >= 11 is 0. The van der Waals surface area contributed by atoms with E-state index in [0.717, 1.165) is 0 Å². The molecule has 8 heteroatoms. The van der Waals surface area contributed by atoms with E-state index in [2.05, 4.69) is 0 Å². The van der Waals surface area contributed by atoms with Crippen LogP contribution in [0.1, 0.15) is 11.1 Å². The maximum absolute atomic E-state index is 14.0. The molecule has 0 aliphatic carbocycles. The fourth-order valence-corrected chi connectivity index (χ4v) is 4.45. The Morgan fingerprint density at radius 3 is 1.08 bits per heavy atom.